The average molecular weight is 471 g/mol. The second-order valence-electron chi connectivity index (χ2n) is 5.53. The molecule has 0 aliphatic rings. The smallest absolute Gasteiger partial charge is 0.412 e. The van der Waals surface area contributed by atoms with Crippen LogP contribution >= 0.6 is 22.6 Å². The monoisotopic (exact) mass is 471 g/mol. The van der Waals surface area contributed by atoms with Gasteiger partial charge in [0.2, 0.25) is 0 Å². The van der Waals surface area contributed by atoms with Gasteiger partial charge in [0, 0.05) is 34.5 Å². The van der Waals surface area contributed by atoms with Crippen molar-refractivity contribution in [3.63, 3.8) is 0 Å². The van der Waals surface area contributed by atoms with E-state index in [9.17, 15) is 15.0 Å². The van der Waals surface area contributed by atoms with Crippen LogP contribution in [0.4, 0.5) is 10.5 Å². The van der Waals surface area contributed by atoms with E-state index in [0.717, 1.165) is 3.57 Å². The Morgan fingerprint density at radius 1 is 1.23 bits per heavy atom. The van der Waals surface area contributed by atoms with E-state index in [1.165, 1.54) is 0 Å². The van der Waals surface area contributed by atoms with Gasteiger partial charge in [0.05, 0.1) is 0 Å². The Kier molecular flexibility index (Phi) is 8.14. The number of aromatic hydroxyl groups is 1. The molecular formula is C19H22INO5. The fourth-order valence-electron chi connectivity index (χ4n) is 2.54. The second-order valence-corrected chi connectivity index (χ2v) is 6.77. The van der Waals surface area contributed by atoms with Gasteiger partial charge in [-0.05, 0) is 59.8 Å². The highest BCUT2D eigenvalue weighted by Crippen LogP contribution is 2.33. The summed E-state index contributed by atoms with van der Waals surface area (Å²) in [5.41, 5.74) is 1.03. The lowest BCUT2D eigenvalue weighted by Gasteiger charge is -2.27. The van der Waals surface area contributed by atoms with E-state index in [0.29, 0.717) is 17.9 Å². The Morgan fingerprint density at radius 3 is 2.62 bits per heavy atom. The average Bonchev–Trinajstić information content (AvgIpc) is 2.63. The first-order valence-electron chi connectivity index (χ1n) is 8.28. The lowest BCUT2D eigenvalue weighted by molar-refractivity contribution is -0.0491. The van der Waals surface area contributed by atoms with E-state index in [1.54, 1.807) is 42.5 Å². The van der Waals surface area contributed by atoms with Crippen LogP contribution < -0.4 is 5.32 Å². The van der Waals surface area contributed by atoms with Gasteiger partial charge < -0.3 is 19.7 Å². The maximum Gasteiger partial charge on any atom is 0.412 e. The van der Waals surface area contributed by atoms with Crippen LogP contribution in [0.2, 0.25) is 0 Å². The molecule has 2 atom stereocenters. The SMILES string of the molecule is CCO[C@@H](CCO)[C@@H](OC(=O)Nc1ccccc1)c1cc(I)ccc1O. The summed E-state index contributed by atoms with van der Waals surface area (Å²) in [6.45, 7) is 2.07. The molecule has 0 aromatic heterocycles. The normalized spacial score (nSPS) is 13.0. The van der Waals surface area contributed by atoms with Crippen LogP contribution in [-0.2, 0) is 9.47 Å². The predicted molar refractivity (Wildman–Crippen MR) is 107 cm³/mol. The van der Waals surface area contributed by atoms with Crippen molar-refractivity contribution in [2.45, 2.75) is 25.6 Å². The molecule has 0 fully saturated rings. The number of amides is 1. The summed E-state index contributed by atoms with van der Waals surface area (Å²) in [4.78, 5) is 12.4. The van der Waals surface area contributed by atoms with Crippen molar-refractivity contribution in [1.82, 2.24) is 0 Å². The summed E-state index contributed by atoms with van der Waals surface area (Å²) in [5.74, 6) is 0.00516. The minimum Gasteiger partial charge on any atom is -0.508 e. The lowest BCUT2D eigenvalue weighted by atomic mass is 10.0. The van der Waals surface area contributed by atoms with Crippen LogP contribution in [0.15, 0.2) is 48.5 Å². The van der Waals surface area contributed by atoms with Crippen LogP contribution in [0.3, 0.4) is 0 Å². The molecular weight excluding hydrogens is 449 g/mol. The number of phenols is 1. The minimum atomic E-state index is -0.861. The molecule has 26 heavy (non-hydrogen) atoms. The first-order valence-corrected chi connectivity index (χ1v) is 9.36. The number of aliphatic hydroxyl groups excluding tert-OH is 1. The van der Waals surface area contributed by atoms with Gasteiger partial charge in [0.15, 0.2) is 6.10 Å². The van der Waals surface area contributed by atoms with E-state index in [4.69, 9.17) is 9.47 Å². The molecule has 6 nitrogen and oxygen atoms in total. The van der Waals surface area contributed by atoms with E-state index in [-0.39, 0.29) is 18.8 Å². The van der Waals surface area contributed by atoms with Gasteiger partial charge in [-0.1, -0.05) is 18.2 Å². The summed E-state index contributed by atoms with van der Waals surface area (Å²) >= 11 is 2.12. The molecule has 140 valence electrons. The maximum absolute atomic E-state index is 12.4. The third-order valence-electron chi connectivity index (χ3n) is 3.68. The van der Waals surface area contributed by atoms with Crippen LogP contribution in [0.5, 0.6) is 5.75 Å². The number of aliphatic hydroxyl groups is 1. The number of phenolic OH excluding ortho intramolecular Hbond substituents is 1. The van der Waals surface area contributed by atoms with Gasteiger partial charge in [-0.15, -0.1) is 0 Å². The van der Waals surface area contributed by atoms with E-state index in [1.807, 2.05) is 13.0 Å². The van der Waals surface area contributed by atoms with Gasteiger partial charge >= 0.3 is 6.09 Å². The summed E-state index contributed by atoms with van der Waals surface area (Å²) in [6.07, 6.45) is -1.85. The molecule has 0 aliphatic heterocycles. The van der Waals surface area contributed by atoms with Gasteiger partial charge in [0.25, 0.3) is 0 Å². The molecule has 0 aliphatic carbocycles. The Balaban J connectivity index is 2.27. The molecule has 2 rings (SSSR count). The number of rotatable bonds is 8. The number of hydrogen-bond acceptors (Lipinski definition) is 5. The Labute approximate surface area is 166 Å². The molecule has 0 heterocycles. The zero-order valence-corrected chi connectivity index (χ0v) is 16.5. The van der Waals surface area contributed by atoms with Crippen molar-refractivity contribution in [2.24, 2.45) is 0 Å². The molecule has 2 aromatic carbocycles. The van der Waals surface area contributed by atoms with Crippen molar-refractivity contribution in [3.8, 4) is 5.75 Å². The number of ether oxygens (including phenoxy) is 2. The van der Waals surface area contributed by atoms with Gasteiger partial charge in [-0.3, -0.25) is 5.32 Å². The molecule has 0 bridgehead atoms. The molecule has 7 heteroatoms. The Morgan fingerprint density at radius 2 is 1.96 bits per heavy atom. The summed E-state index contributed by atoms with van der Waals surface area (Å²) in [7, 11) is 0. The molecule has 0 saturated heterocycles. The summed E-state index contributed by atoms with van der Waals surface area (Å²) < 4.78 is 12.1. The van der Waals surface area contributed by atoms with Crippen LogP contribution in [0.1, 0.15) is 25.0 Å². The number of carbonyl (C=O) groups is 1. The number of para-hydroxylation sites is 1. The molecule has 0 radical (unpaired) electrons. The van der Waals surface area contributed by atoms with E-state index < -0.39 is 18.3 Å². The van der Waals surface area contributed by atoms with Crippen molar-refractivity contribution in [1.29, 1.82) is 0 Å². The quantitative estimate of drug-likeness (QED) is 0.506. The van der Waals surface area contributed by atoms with Gasteiger partial charge in [-0.2, -0.15) is 0 Å². The number of carbonyl (C=O) groups excluding carboxylic acids is 1. The highest BCUT2D eigenvalue weighted by Gasteiger charge is 2.30. The zero-order chi connectivity index (χ0) is 18.9. The topological polar surface area (TPSA) is 88.0 Å². The predicted octanol–water partition coefficient (Wildman–Crippen LogP) is 4.07. The highest BCUT2D eigenvalue weighted by molar-refractivity contribution is 14.1. The fraction of sp³-hybridized carbons (Fsp3) is 0.316. The van der Waals surface area contributed by atoms with Crippen molar-refractivity contribution < 1.29 is 24.5 Å². The first kappa shape index (κ1) is 20.5. The Bertz CT molecular complexity index is 704. The summed E-state index contributed by atoms with van der Waals surface area (Å²) in [6, 6.07) is 14.0. The summed E-state index contributed by atoms with van der Waals surface area (Å²) in [5, 5.41) is 22.3. The van der Waals surface area contributed by atoms with Crippen molar-refractivity contribution >= 4 is 34.4 Å². The zero-order valence-electron chi connectivity index (χ0n) is 14.4. The Hall–Kier alpha value is -1.84. The number of benzene rings is 2. The first-order chi connectivity index (χ1) is 12.5. The van der Waals surface area contributed by atoms with E-state index in [2.05, 4.69) is 27.9 Å². The number of nitrogens with one attached hydrogen (secondary N) is 1. The standard InChI is InChI=1S/C19H22INO5/c1-2-25-17(10-11-22)18(15-12-13(20)8-9-16(15)23)26-19(24)21-14-6-4-3-5-7-14/h3-9,12,17-18,22-23H,2,10-11H2,1H3,(H,21,24)/t17-,18-/m0/s1. The molecule has 1 amide bonds. The fourth-order valence-corrected chi connectivity index (χ4v) is 3.06. The largest absolute Gasteiger partial charge is 0.508 e. The number of anilines is 1. The van der Waals surface area contributed by atoms with Crippen LogP contribution in [0.25, 0.3) is 0 Å². The van der Waals surface area contributed by atoms with Gasteiger partial charge in [0.1, 0.15) is 11.9 Å². The minimum absolute atomic E-state index is 0.00516. The third kappa shape index (κ3) is 5.86. The molecule has 2 aromatic rings. The van der Waals surface area contributed by atoms with Crippen LogP contribution in [0, 0.1) is 3.57 Å². The molecule has 3 N–H and O–H groups in total. The highest BCUT2D eigenvalue weighted by atomic mass is 127. The lowest BCUT2D eigenvalue weighted by Crippen LogP contribution is -2.30. The maximum atomic E-state index is 12.4. The molecule has 0 unspecified atom stereocenters. The molecule has 0 saturated carbocycles. The number of hydrogen-bond donors (Lipinski definition) is 3. The third-order valence-corrected chi connectivity index (χ3v) is 4.35. The number of halogens is 1. The van der Waals surface area contributed by atoms with E-state index >= 15 is 0 Å². The van der Waals surface area contributed by atoms with Crippen molar-refractivity contribution in [2.75, 3.05) is 18.5 Å². The van der Waals surface area contributed by atoms with Gasteiger partial charge in [-0.25, -0.2) is 4.79 Å². The van der Waals surface area contributed by atoms with Crippen LogP contribution in [-0.4, -0.2) is 35.6 Å². The second kappa shape index (κ2) is 10.3. The van der Waals surface area contributed by atoms with Crippen molar-refractivity contribution in [3.05, 3.63) is 57.7 Å². The molecule has 0 spiro atoms.